The van der Waals surface area contributed by atoms with Crippen LogP contribution in [0.2, 0.25) is 0 Å². The van der Waals surface area contributed by atoms with Crippen molar-refractivity contribution < 1.29 is 0 Å². The molecule has 2 heteroatoms. The monoisotopic (exact) mass is 942 g/mol. The summed E-state index contributed by atoms with van der Waals surface area (Å²) in [6.45, 7) is 0. The van der Waals surface area contributed by atoms with Crippen LogP contribution in [0.3, 0.4) is 0 Å². The third kappa shape index (κ3) is 8.35. The van der Waals surface area contributed by atoms with E-state index in [4.69, 9.17) is 0 Å². The van der Waals surface area contributed by atoms with Crippen molar-refractivity contribution in [3.05, 3.63) is 303 Å². The predicted molar refractivity (Wildman–Crippen MR) is 316 cm³/mol. The second kappa shape index (κ2) is 19.4. The fourth-order valence-electron chi connectivity index (χ4n) is 10.8. The van der Waals surface area contributed by atoms with Gasteiger partial charge >= 0.3 is 0 Å². The molecule has 0 aliphatic rings. The number of nitrogens with zero attached hydrogens (tertiary/aromatic N) is 2. The summed E-state index contributed by atoms with van der Waals surface area (Å²) < 4.78 is 0. The predicted octanol–water partition coefficient (Wildman–Crippen LogP) is 20.4. The van der Waals surface area contributed by atoms with E-state index in [9.17, 15) is 0 Å². The maximum Gasteiger partial charge on any atom is 0.0561 e. The molecular weight excluding hydrogens is 893 g/mol. The normalized spacial score (nSPS) is 11.2. The Balaban J connectivity index is 1.10. The topological polar surface area (TPSA) is 6.48 Å². The zero-order valence-corrected chi connectivity index (χ0v) is 40.8. The van der Waals surface area contributed by atoms with Crippen molar-refractivity contribution in [2.75, 3.05) is 9.80 Å². The van der Waals surface area contributed by atoms with Gasteiger partial charge < -0.3 is 9.80 Å². The highest BCUT2D eigenvalue weighted by molar-refractivity contribution is 6.26. The van der Waals surface area contributed by atoms with E-state index in [0.717, 1.165) is 61.9 Å². The number of rotatable bonds is 11. The molecule has 0 radical (unpaired) electrons. The summed E-state index contributed by atoms with van der Waals surface area (Å²) in [7, 11) is 0. The van der Waals surface area contributed by atoms with Crippen molar-refractivity contribution >= 4 is 66.4 Å². The summed E-state index contributed by atoms with van der Waals surface area (Å²) in [6, 6.07) is 110. The molecule has 348 valence electrons. The van der Waals surface area contributed by atoms with Gasteiger partial charge in [0.1, 0.15) is 0 Å². The molecule has 0 heterocycles. The first-order valence-corrected chi connectivity index (χ1v) is 25.4. The second-order valence-corrected chi connectivity index (χ2v) is 18.8. The average molecular weight is 943 g/mol. The summed E-state index contributed by atoms with van der Waals surface area (Å²) in [5.74, 6) is 0. The standard InChI is InChI=1S/C72H50N2/c1-6-20-51(21-7-1)54-34-40-59(41-35-54)73(60-42-36-55(37-43-60)52-22-8-2-9-23-52)71-50-72(69(58-28-14-5-15-29-58)49-68(71)57-26-12-4-13-27-57)74(61-44-38-56(39-45-61)53-24-10-3-11-25-53)62-46-47-67-65-32-17-16-30-63(65)64-31-18-19-33-66(64)70(67)48-62/h1-50H. The Bertz CT molecular complexity index is 3950. The van der Waals surface area contributed by atoms with Gasteiger partial charge in [0.05, 0.1) is 11.4 Å². The van der Waals surface area contributed by atoms with Crippen LogP contribution in [0, 0.1) is 0 Å². The van der Waals surface area contributed by atoms with Gasteiger partial charge in [0.25, 0.3) is 0 Å². The van der Waals surface area contributed by atoms with Gasteiger partial charge in [-0.3, -0.25) is 0 Å². The van der Waals surface area contributed by atoms with E-state index in [1.807, 2.05) is 0 Å². The molecule has 0 saturated carbocycles. The van der Waals surface area contributed by atoms with Crippen molar-refractivity contribution in [3.8, 4) is 55.6 Å². The van der Waals surface area contributed by atoms with Crippen LogP contribution in [0.4, 0.5) is 34.1 Å². The maximum atomic E-state index is 2.48. The lowest BCUT2D eigenvalue weighted by atomic mass is 9.92. The Hall–Kier alpha value is -9.76. The summed E-state index contributed by atoms with van der Waals surface area (Å²) in [6.07, 6.45) is 0. The molecule has 74 heavy (non-hydrogen) atoms. The lowest BCUT2D eigenvalue weighted by Crippen LogP contribution is -2.15. The Labute approximate surface area is 433 Å². The summed E-state index contributed by atoms with van der Waals surface area (Å²) in [5.41, 5.74) is 17.8. The van der Waals surface area contributed by atoms with Crippen molar-refractivity contribution in [3.63, 3.8) is 0 Å². The number of hydrogen-bond acceptors (Lipinski definition) is 2. The Morgan fingerprint density at radius 1 is 0.162 bits per heavy atom. The van der Waals surface area contributed by atoms with Gasteiger partial charge in [-0.25, -0.2) is 0 Å². The fraction of sp³-hybridized carbons (Fsp3) is 0. The smallest absolute Gasteiger partial charge is 0.0561 e. The molecule has 0 aliphatic carbocycles. The van der Waals surface area contributed by atoms with Gasteiger partial charge in [0.2, 0.25) is 0 Å². The van der Waals surface area contributed by atoms with Crippen molar-refractivity contribution in [1.82, 2.24) is 0 Å². The van der Waals surface area contributed by atoms with Crippen LogP contribution in [0.1, 0.15) is 0 Å². The minimum absolute atomic E-state index is 1.05. The van der Waals surface area contributed by atoms with Crippen LogP contribution in [0.25, 0.3) is 88.0 Å². The van der Waals surface area contributed by atoms with Crippen LogP contribution in [0.5, 0.6) is 0 Å². The van der Waals surface area contributed by atoms with E-state index in [1.54, 1.807) is 0 Å². The largest absolute Gasteiger partial charge is 0.310 e. The first kappa shape index (κ1) is 44.2. The fourth-order valence-corrected chi connectivity index (χ4v) is 10.8. The first-order valence-electron chi connectivity index (χ1n) is 25.4. The zero-order chi connectivity index (χ0) is 49.2. The van der Waals surface area contributed by atoms with Gasteiger partial charge in [-0.15, -0.1) is 0 Å². The van der Waals surface area contributed by atoms with E-state index in [2.05, 4.69) is 313 Å². The summed E-state index contributed by atoms with van der Waals surface area (Å²) >= 11 is 0. The van der Waals surface area contributed by atoms with Crippen LogP contribution in [-0.4, -0.2) is 0 Å². The molecule has 0 N–H and O–H groups in total. The number of fused-ring (bicyclic) bond motifs is 6. The third-order valence-electron chi connectivity index (χ3n) is 14.4. The molecule has 0 amide bonds. The molecule has 13 aromatic rings. The maximum absolute atomic E-state index is 2.48. The Morgan fingerprint density at radius 2 is 0.419 bits per heavy atom. The van der Waals surface area contributed by atoms with Gasteiger partial charge in [-0.05, 0) is 137 Å². The van der Waals surface area contributed by atoms with Crippen LogP contribution in [-0.2, 0) is 0 Å². The lowest BCUT2D eigenvalue weighted by Gasteiger charge is -2.33. The number of anilines is 6. The molecule has 13 rings (SSSR count). The van der Waals surface area contributed by atoms with Crippen LogP contribution >= 0.6 is 0 Å². The third-order valence-corrected chi connectivity index (χ3v) is 14.4. The van der Waals surface area contributed by atoms with E-state index >= 15 is 0 Å². The van der Waals surface area contributed by atoms with Crippen molar-refractivity contribution in [2.24, 2.45) is 0 Å². The molecule has 0 saturated heterocycles. The van der Waals surface area contributed by atoms with Crippen LogP contribution in [0.15, 0.2) is 303 Å². The highest BCUT2D eigenvalue weighted by atomic mass is 15.2. The minimum atomic E-state index is 1.05. The van der Waals surface area contributed by atoms with E-state index < -0.39 is 0 Å². The minimum Gasteiger partial charge on any atom is -0.310 e. The highest BCUT2D eigenvalue weighted by Crippen LogP contribution is 2.51. The molecule has 13 aromatic carbocycles. The highest BCUT2D eigenvalue weighted by Gasteiger charge is 2.26. The molecule has 0 unspecified atom stereocenters. The van der Waals surface area contributed by atoms with E-state index in [1.165, 1.54) is 60.1 Å². The van der Waals surface area contributed by atoms with Gasteiger partial charge in [-0.2, -0.15) is 0 Å². The van der Waals surface area contributed by atoms with E-state index in [-0.39, 0.29) is 0 Å². The summed E-state index contributed by atoms with van der Waals surface area (Å²) in [4.78, 5) is 4.93. The zero-order valence-electron chi connectivity index (χ0n) is 40.8. The lowest BCUT2D eigenvalue weighted by molar-refractivity contribution is 1.25. The summed E-state index contributed by atoms with van der Waals surface area (Å²) in [5, 5.41) is 7.43. The Morgan fingerprint density at radius 3 is 0.770 bits per heavy atom. The van der Waals surface area contributed by atoms with Crippen molar-refractivity contribution in [1.29, 1.82) is 0 Å². The van der Waals surface area contributed by atoms with Gasteiger partial charge in [0.15, 0.2) is 0 Å². The molecule has 0 bridgehead atoms. The van der Waals surface area contributed by atoms with E-state index in [0.29, 0.717) is 0 Å². The molecular formula is C72H50N2. The molecule has 2 nitrogen and oxygen atoms in total. The second-order valence-electron chi connectivity index (χ2n) is 18.8. The average Bonchev–Trinajstić information content (AvgIpc) is 3.50. The van der Waals surface area contributed by atoms with Crippen molar-refractivity contribution in [2.45, 2.75) is 0 Å². The number of benzene rings is 13. The Kier molecular flexibility index (Phi) is 11.6. The van der Waals surface area contributed by atoms with Gasteiger partial charge in [0, 0.05) is 33.9 Å². The van der Waals surface area contributed by atoms with Crippen LogP contribution < -0.4 is 9.80 Å². The molecule has 0 aliphatic heterocycles. The molecule has 0 aromatic heterocycles. The number of hydrogen-bond donors (Lipinski definition) is 0. The first-order chi connectivity index (χ1) is 36.7. The molecule has 0 fully saturated rings. The SMILES string of the molecule is c1ccc(-c2ccc(N(c3ccc(-c4ccccc4)cc3)c3cc(N(c4ccc(-c5ccccc5)cc4)c4ccc5c6ccccc6c6ccccc6c5c4)c(-c4ccccc4)cc3-c3ccccc3)cc2)cc1. The molecule has 0 spiro atoms. The van der Waals surface area contributed by atoms with Gasteiger partial charge in [-0.1, -0.05) is 243 Å². The quantitative estimate of drug-likeness (QED) is 0.119. The molecule has 0 atom stereocenters.